The number of rotatable bonds is 2. The Kier molecular flexibility index (Phi) is 2.19. The number of hydrogen-bond acceptors (Lipinski definition) is 3. The van der Waals surface area contributed by atoms with Crippen molar-refractivity contribution in [3.63, 3.8) is 0 Å². The van der Waals surface area contributed by atoms with E-state index in [0.717, 1.165) is 5.76 Å². The molecule has 1 aromatic heterocycles. The summed E-state index contributed by atoms with van der Waals surface area (Å²) in [5.41, 5.74) is 0. The summed E-state index contributed by atoms with van der Waals surface area (Å²) in [5.74, 6) is 0.810. The monoisotopic (exact) mass is 205 g/mol. The first-order chi connectivity index (χ1) is 7.09. The summed E-state index contributed by atoms with van der Waals surface area (Å²) < 4.78 is 5.38. The molecule has 4 heteroatoms. The molecule has 1 atom stereocenters. The molecule has 0 fully saturated rings. The highest BCUT2D eigenvalue weighted by Gasteiger charge is 2.30. The second-order valence-corrected chi connectivity index (χ2v) is 3.50. The van der Waals surface area contributed by atoms with Gasteiger partial charge in [-0.1, -0.05) is 0 Å². The molecule has 0 radical (unpaired) electrons. The Morgan fingerprint density at radius 1 is 1.20 bits per heavy atom. The number of imide groups is 1. The van der Waals surface area contributed by atoms with Crippen LogP contribution in [0.1, 0.15) is 24.5 Å². The predicted molar refractivity (Wildman–Crippen MR) is 52.9 cm³/mol. The van der Waals surface area contributed by atoms with E-state index in [1.807, 2.05) is 13.0 Å². The maximum absolute atomic E-state index is 11.4. The summed E-state index contributed by atoms with van der Waals surface area (Å²) >= 11 is 0. The van der Waals surface area contributed by atoms with E-state index in [2.05, 4.69) is 0 Å². The molecule has 0 saturated carbocycles. The SMILES string of the molecule is Cc1ccc(C(C)N2C(=O)C=CC2=O)o1. The minimum Gasteiger partial charge on any atom is -0.464 e. The van der Waals surface area contributed by atoms with Gasteiger partial charge in [0.25, 0.3) is 11.8 Å². The van der Waals surface area contributed by atoms with Gasteiger partial charge in [-0.2, -0.15) is 0 Å². The van der Waals surface area contributed by atoms with E-state index in [-0.39, 0.29) is 17.9 Å². The van der Waals surface area contributed by atoms with Crippen LogP contribution in [0.4, 0.5) is 0 Å². The van der Waals surface area contributed by atoms with Gasteiger partial charge in [0.15, 0.2) is 0 Å². The topological polar surface area (TPSA) is 50.5 Å². The van der Waals surface area contributed by atoms with Gasteiger partial charge in [0.2, 0.25) is 0 Å². The number of amides is 2. The van der Waals surface area contributed by atoms with Gasteiger partial charge < -0.3 is 4.42 Å². The lowest BCUT2D eigenvalue weighted by atomic mass is 10.2. The lowest BCUT2D eigenvalue weighted by Gasteiger charge is -2.20. The fraction of sp³-hybridized carbons (Fsp3) is 0.273. The lowest BCUT2D eigenvalue weighted by Crippen LogP contribution is -2.32. The summed E-state index contributed by atoms with van der Waals surface area (Å²) in [4.78, 5) is 23.9. The fourth-order valence-corrected chi connectivity index (χ4v) is 1.60. The van der Waals surface area contributed by atoms with E-state index in [9.17, 15) is 9.59 Å². The van der Waals surface area contributed by atoms with Gasteiger partial charge in [-0.05, 0) is 26.0 Å². The van der Waals surface area contributed by atoms with Gasteiger partial charge in [0.05, 0.1) is 6.04 Å². The highest BCUT2D eigenvalue weighted by Crippen LogP contribution is 2.24. The van der Waals surface area contributed by atoms with E-state index in [4.69, 9.17) is 4.42 Å². The first-order valence-electron chi connectivity index (χ1n) is 4.71. The van der Waals surface area contributed by atoms with E-state index >= 15 is 0 Å². The standard InChI is InChI=1S/C11H11NO3/c1-7-3-4-9(15-7)8(2)12-10(13)5-6-11(12)14/h3-6,8H,1-2H3. The lowest BCUT2D eigenvalue weighted by molar-refractivity contribution is -0.139. The van der Waals surface area contributed by atoms with Gasteiger partial charge in [-0.15, -0.1) is 0 Å². The molecule has 0 saturated heterocycles. The van der Waals surface area contributed by atoms with Crippen LogP contribution < -0.4 is 0 Å². The molecule has 0 bridgehead atoms. The molecule has 78 valence electrons. The number of nitrogens with zero attached hydrogens (tertiary/aromatic N) is 1. The van der Waals surface area contributed by atoms with Crippen molar-refractivity contribution in [3.8, 4) is 0 Å². The quantitative estimate of drug-likeness (QED) is 0.688. The van der Waals surface area contributed by atoms with Crippen molar-refractivity contribution in [1.82, 2.24) is 4.90 Å². The van der Waals surface area contributed by atoms with Crippen molar-refractivity contribution in [2.75, 3.05) is 0 Å². The molecule has 2 heterocycles. The first kappa shape index (κ1) is 9.71. The molecule has 0 N–H and O–H groups in total. The average molecular weight is 205 g/mol. The summed E-state index contributed by atoms with van der Waals surface area (Å²) in [6.45, 7) is 3.59. The van der Waals surface area contributed by atoms with Crippen molar-refractivity contribution in [2.45, 2.75) is 19.9 Å². The van der Waals surface area contributed by atoms with Gasteiger partial charge in [-0.3, -0.25) is 14.5 Å². The number of hydrogen-bond donors (Lipinski definition) is 0. The normalized spacial score (nSPS) is 17.6. The van der Waals surface area contributed by atoms with Crippen molar-refractivity contribution in [2.24, 2.45) is 0 Å². The Morgan fingerprint density at radius 3 is 2.27 bits per heavy atom. The summed E-state index contributed by atoms with van der Waals surface area (Å²) in [6.07, 6.45) is 2.54. The van der Waals surface area contributed by atoms with Crippen LogP contribution in [0.2, 0.25) is 0 Å². The molecule has 1 aliphatic heterocycles. The predicted octanol–water partition coefficient (Wildman–Crippen LogP) is 1.57. The second kappa shape index (κ2) is 3.38. The van der Waals surface area contributed by atoms with E-state index < -0.39 is 0 Å². The van der Waals surface area contributed by atoms with Crippen LogP contribution in [0.5, 0.6) is 0 Å². The smallest absolute Gasteiger partial charge is 0.254 e. The third-order valence-electron chi connectivity index (χ3n) is 2.40. The van der Waals surface area contributed by atoms with Crippen LogP contribution in [0.25, 0.3) is 0 Å². The Hall–Kier alpha value is -1.84. The van der Waals surface area contributed by atoms with Gasteiger partial charge >= 0.3 is 0 Å². The van der Waals surface area contributed by atoms with Crippen LogP contribution in [-0.2, 0) is 9.59 Å². The molecule has 2 rings (SSSR count). The Morgan fingerprint density at radius 2 is 1.80 bits per heavy atom. The van der Waals surface area contributed by atoms with Crippen LogP contribution >= 0.6 is 0 Å². The van der Waals surface area contributed by atoms with Crippen LogP contribution in [0.15, 0.2) is 28.7 Å². The third-order valence-corrected chi connectivity index (χ3v) is 2.40. The Labute approximate surface area is 87.2 Å². The summed E-state index contributed by atoms with van der Waals surface area (Å²) in [7, 11) is 0. The molecule has 0 aromatic carbocycles. The number of aryl methyl sites for hydroxylation is 1. The van der Waals surface area contributed by atoms with Gasteiger partial charge in [0.1, 0.15) is 11.5 Å². The van der Waals surface area contributed by atoms with Gasteiger partial charge in [-0.25, -0.2) is 0 Å². The van der Waals surface area contributed by atoms with Crippen LogP contribution in [0.3, 0.4) is 0 Å². The fourth-order valence-electron chi connectivity index (χ4n) is 1.60. The minimum atomic E-state index is -0.353. The van der Waals surface area contributed by atoms with Crippen molar-refractivity contribution in [3.05, 3.63) is 35.8 Å². The van der Waals surface area contributed by atoms with Crippen molar-refractivity contribution in [1.29, 1.82) is 0 Å². The molecule has 0 aliphatic carbocycles. The minimum absolute atomic E-state index is 0.290. The number of furan rings is 1. The van der Waals surface area contributed by atoms with Crippen molar-refractivity contribution < 1.29 is 14.0 Å². The van der Waals surface area contributed by atoms with E-state index in [1.54, 1.807) is 13.0 Å². The third kappa shape index (κ3) is 1.58. The molecule has 1 aliphatic rings. The molecule has 2 amide bonds. The summed E-state index contributed by atoms with van der Waals surface area (Å²) in [5, 5.41) is 0. The zero-order chi connectivity index (χ0) is 11.0. The van der Waals surface area contributed by atoms with Crippen molar-refractivity contribution >= 4 is 11.8 Å². The molecule has 4 nitrogen and oxygen atoms in total. The van der Waals surface area contributed by atoms with E-state index in [0.29, 0.717) is 5.76 Å². The molecule has 15 heavy (non-hydrogen) atoms. The van der Waals surface area contributed by atoms with Crippen LogP contribution in [-0.4, -0.2) is 16.7 Å². The average Bonchev–Trinajstić information content (AvgIpc) is 2.73. The second-order valence-electron chi connectivity index (χ2n) is 3.50. The number of carbonyl (C=O) groups excluding carboxylic acids is 2. The highest BCUT2D eigenvalue weighted by molar-refractivity contribution is 6.13. The zero-order valence-corrected chi connectivity index (χ0v) is 8.56. The Balaban J connectivity index is 2.25. The highest BCUT2D eigenvalue weighted by atomic mass is 16.3. The van der Waals surface area contributed by atoms with E-state index in [1.165, 1.54) is 17.1 Å². The number of carbonyl (C=O) groups is 2. The Bertz CT molecular complexity index is 426. The molecule has 1 aromatic rings. The first-order valence-corrected chi connectivity index (χ1v) is 4.71. The summed E-state index contributed by atoms with van der Waals surface area (Å²) in [6, 6.07) is 3.23. The largest absolute Gasteiger partial charge is 0.464 e. The molecule has 1 unspecified atom stereocenters. The zero-order valence-electron chi connectivity index (χ0n) is 8.56. The molecular formula is C11H11NO3. The molecular weight excluding hydrogens is 194 g/mol. The maximum atomic E-state index is 11.4. The van der Waals surface area contributed by atoms with Gasteiger partial charge in [0, 0.05) is 12.2 Å². The van der Waals surface area contributed by atoms with Crippen LogP contribution in [0, 0.1) is 6.92 Å². The molecule has 0 spiro atoms. The maximum Gasteiger partial charge on any atom is 0.254 e.